The molecule has 2 nitrogen and oxygen atoms in total. The van der Waals surface area contributed by atoms with Crippen molar-refractivity contribution in [3.05, 3.63) is 34.3 Å². The molecule has 0 aromatic heterocycles. The van der Waals surface area contributed by atoms with Gasteiger partial charge in [-0.2, -0.15) is 0 Å². The molecular weight excluding hydrogens is 278 g/mol. The van der Waals surface area contributed by atoms with Crippen LogP contribution in [0.25, 0.3) is 0 Å². The number of hydrogen-bond donors (Lipinski definition) is 0. The van der Waals surface area contributed by atoms with Crippen molar-refractivity contribution in [2.75, 3.05) is 13.1 Å². The molecule has 0 radical (unpaired) electrons. The van der Waals surface area contributed by atoms with Gasteiger partial charge >= 0.3 is 0 Å². The number of carbonyl (C=O) groups excluding carboxylic acids is 1. The van der Waals surface area contributed by atoms with Gasteiger partial charge in [-0.05, 0) is 11.6 Å². The van der Waals surface area contributed by atoms with Crippen molar-refractivity contribution in [1.29, 1.82) is 0 Å². The van der Waals surface area contributed by atoms with Crippen LogP contribution in [0.15, 0.2) is 28.7 Å². The monoisotopic (exact) mass is 295 g/mol. The van der Waals surface area contributed by atoms with Crippen molar-refractivity contribution in [2.45, 2.75) is 26.8 Å². The summed E-state index contributed by atoms with van der Waals surface area (Å²) in [4.78, 5) is 14.1. The minimum atomic E-state index is -0.195. The number of rotatable bonds is 2. The van der Waals surface area contributed by atoms with E-state index in [1.54, 1.807) is 0 Å². The fourth-order valence-electron chi connectivity index (χ4n) is 2.33. The molecular formula is C14H18BrNO. The summed E-state index contributed by atoms with van der Waals surface area (Å²) in [6, 6.07) is 8.28. The van der Waals surface area contributed by atoms with Crippen molar-refractivity contribution in [3.63, 3.8) is 0 Å². The van der Waals surface area contributed by atoms with Crippen molar-refractivity contribution >= 4 is 21.7 Å². The van der Waals surface area contributed by atoms with Gasteiger partial charge in [0.2, 0.25) is 0 Å². The van der Waals surface area contributed by atoms with Crippen molar-refractivity contribution in [1.82, 2.24) is 4.90 Å². The largest absolute Gasteiger partial charge is 0.299 e. The maximum absolute atomic E-state index is 11.7. The van der Waals surface area contributed by atoms with Gasteiger partial charge in [0, 0.05) is 35.9 Å². The molecule has 1 aromatic carbocycles. The minimum absolute atomic E-state index is 0.195. The summed E-state index contributed by atoms with van der Waals surface area (Å²) in [5.41, 5.74) is 1.09. The molecule has 2 rings (SSSR count). The highest BCUT2D eigenvalue weighted by atomic mass is 79.9. The maximum atomic E-state index is 11.7. The predicted molar refractivity (Wildman–Crippen MR) is 72.8 cm³/mol. The zero-order valence-electron chi connectivity index (χ0n) is 10.4. The zero-order valence-corrected chi connectivity index (χ0v) is 12.0. The Bertz CT molecular complexity index is 428. The van der Waals surface area contributed by atoms with Gasteiger partial charge in [-0.15, -0.1) is 0 Å². The van der Waals surface area contributed by atoms with Gasteiger partial charge in [-0.3, -0.25) is 9.69 Å². The van der Waals surface area contributed by atoms with E-state index in [2.05, 4.69) is 39.0 Å². The highest BCUT2D eigenvalue weighted by Gasteiger charge is 2.33. The van der Waals surface area contributed by atoms with E-state index in [0.29, 0.717) is 12.2 Å². The molecule has 1 saturated heterocycles. The van der Waals surface area contributed by atoms with Crippen LogP contribution in [0.3, 0.4) is 0 Å². The van der Waals surface area contributed by atoms with E-state index < -0.39 is 0 Å². The second-order valence-corrected chi connectivity index (χ2v) is 6.21. The summed E-state index contributed by atoms with van der Waals surface area (Å²) in [7, 11) is 0. The van der Waals surface area contributed by atoms with Crippen molar-refractivity contribution in [2.24, 2.45) is 5.41 Å². The first-order valence-corrected chi connectivity index (χ1v) is 6.77. The summed E-state index contributed by atoms with van der Waals surface area (Å²) in [5, 5.41) is 0. The lowest BCUT2D eigenvalue weighted by molar-refractivity contribution is -0.131. The van der Waals surface area contributed by atoms with Gasteiger partial charge in [-0.25, -0.2) is 0 Å². The first-order chi connectivity index (χ1) is 7.99. The molecule has 0 aliphatic carbocycles. The molecule has 1 heterocycles. The van der Waals surface area contributed by atoms with E-state index in [1.165, 1.54) is 5.56 Å². The number of piperidine rings is 1. The molecule has 0 N–H and O–H groups in total. The molecule has 0 atom stereocenters. The van der Waals surface area contributed by atoms with E-state index in [1.807, 2.05) is 19.9 Å². The Labute approximate surface area is 111 Å². The van der Waals surface area contributed by atoms with Crippen LogP contribution in [0.2, 0.25) is 0 Å². The first kappa shape index (κ1) is 12.8. The Morgan fingerprint density at radius 1 is 1.35 bits per heavy atom. The lowest BCUT2D eigenvalue weighted by Crippen LogP contribution is -2.45. The van der Waals surface area contributed by atoms with Gasteiger partial charge in [0.05, 0.1) is 0 Å². The Balaban J connectivity index is 2.06. The van der Waals surface area contributed by atoms with Gasteiger partial charge in [0.25, 0.3) is 0 Å². The number of halogens is 1. The number of hydrogen-bond acceptors (Lipinski definition) is 2. The highest BCUT2D eigenvalue weighted by Crippen LogP contribution is 2.27. The molecule has 1 fully saturated rings. The second-order valence-electron chi connectivity index (χ2n) is 5.36. The molecule has 0 unspecified atom stereocenters. The van der Waals surface area contributed by atoms with E-state index >= 15 is 0 Å². The number of nitrogens with zero attached hydrogens (tertiary/aromatic N) is 1. The molecule has 92 valence electrons. The van der Waals surface area contributed by atoms with Crippen LogP contribution >= 0.6 is 15.9 Å². The average Bonchev–Trinajstić information content (AvgIpc) is 2.26. The van der Waals surface area contributed by atoms with Crippen LogP contribution in [0.5, 0.6) is 0 Å². The molecule has 1 aromatic rings. The molecule has 3 heteroatoms. The summed E-state index contributed by atoms with van der Waals surface area (Å²) in [5.74, 6) is 0.390. The normalized spacial score (nSPS) is 20.5. The minimum Gasteiger partial charge on any atom is -0.299 e. The Morgan fingerprint density at radius 3 is 2.71 bits per heavy atom. The lowest BCUT2D eigenvalue weighted by atomic mass is 9.82. The number of likely N-dealkylation sites (tertiary alicyclic amines) is 1. The van der Waals surface area contributed by atoms with E-state index in [0.717, 1.165) is 24.1 Å². The third-order valence-electron chi connectivity index (χ3n) is 3.38. The zero-order chi connectivity index (χ0) is 12.5. The van der Waals surface area contributed by atoms with E-state index in [-0.39, 0.29) is 5.41 Å². The van der Waals surface area contributed by atoms with E-state index in [9.17, 15) is 4.79 Å². The number of benzene rings is 1. The molecule has 0 saturated carbocycles. The SMILES string of the molecule is CC1(C)CN(Cc2ccccc2Br)CCC1=O. The van der Waals surface area contributed by atoms with Crippen LogP contribution in [-0.4, -0.2) is 23.8 Å². The van der Waals surface area contributed by atoms with Crippen LogP contribution in [0.1, 0.15) is 25.8 Å². The third kappa shape index (κ3) is 2.96. The molecule has 1 aliphatic heterocycles. The van der Waals surface area contributed by atoms with E-state index in [4.69, 9.17) is 0 Å². The molecule has 0 spiro atoms. The van der Waals surface area contributed by atoms with Gasteiger partial charge in [-0.1, -0.05) is 48.0 Å². The summed E-state index contributed by atoms with van der Waals surface area (Å²) >= 11 is 3.57. The van der Waals surface area contributed by atoms with Gasteiger partial charge in [0.1, 0.15) is 5.78 Å². The first-order valence-electron chi connectivity index (χ1n) is 5.98. The summed E-state index contributed by atoms with van der Waals surface area (Å²) < 4.78 is 1.15. The topological polar surface area (TPSA) is 20.3 Å². The standard InChI is InChI=1S/C14H18BrNO/c1-14(2)10-16(8-7-13(14)17)9-11-5-3-4-6-12(11)15/h3-6H,7-10H2,1-2H3. The van der Waals surface area contributed by atoms with Crippen LogP contribution in [0.4, 0.5) is 0 Å². The third-order valence-corrected chi connectivity index (χ3v) is 4.15. The predicted octanol–water partition coefficient (Wildman–Crippen LogP) is 3.25. The molecule has 1 aliphatic rings. The summed E-state index contributed by atoms with van der Waals surface area (Å²) in [6.45, 7) is 6.73. The highest BCUT2D eigenvalue weighted by molar-refractivity contribution is 9.10. The average molecular weight is 296 g/mol. The Hall–Kier alpha value is -0.670. The number of Topliss-reactive ketones (excluding diaryl/α,β-unsaturated/α-hetero) is 1. The fraction of sp³-hybridized carbons (Fsp3) is 0.500. The van der Waals surface area contributed by atoms with Gasteiger partial charge < -0.3 is 0 Å². The fourth-order valence-corrected chi connectivity index (χ4v) is 2.74. The summed E-state index contributed by atoms with van der Waals surface area (Å²) in [6.07, 6.45) is 0.678. The lowest BCUT2D eigenvalue weighted by Gasteiger charge is -2.36. The number of carbonyl (C=O) groups is 1. The van der Waals surface area contributed by atoms with Crippen LogP contribution < -0.4 is 0 Å². The second kappa shape index (κ2) is 4.91. The molecule has 17 heavy (non-hydrogen) atoms. The van der Waals surface area contributed by atoms with Crippen molar-refractivity contribution < 1.29 is 4.79 Å². The van der Waals surface area contributed by atoms with Crippen LogP contribution in [0, 0.1) is 5.41 Å². The maximum Gasteiger partial charge on any atom is 0.141 e. The molecule has 0 bridgehead atoms. The van der Waals surface area contributed by atoms with Crippen LogP contribution in [-0.2, 0) is 11.3 Å². The van der Waals surface area contributed by atoms with Gasteiger partial charge in [0.15, 0.2) is 0 Å². The Kier molecular flexibility index (Phi) is 3.69. The molecule has 0 amide bonds. The van der Waals surface area contributed by atoms with Crippen molar-refractivity contribution in [3.8, 4) is 0 Å². The number of ketones is 1. The smallest absolute Gasteiger partial charge is 0.141 e. The Morgan fingerprint density at radius 2 is 2.06 bits per heavy atom. The quantitative estimate of drug-likeness (QED) is 0.835.